The number of hydrogen-bond acceptors (Lipinski definition) is 4. The highest BCUT2D eigenvalue weighted by atomic mass is 19.1. The molecule has 0 spiro atoms. The van der Waals surface area contributed by atoms with Crippen LogP contribution in [-0.4, -0.2) is 28.0 Å². The van der Waals surface area contributed by atoms with Gasteiger partial charge < -0.3 is 21.1 Å². The minimum Gasteiger partial charge on any atom is -0.392 e. The van der Waals surface area contributed by atoms with Gasteiger partial charge in [-0.1, -0.05) is 6.07 Å². The highest BCUT2D eigenvalue weighted by molar-refractivity contribution is 5.30. The first kappa shape index (κ1) is 12.1. The average Bonchev–Trinajstić information content (AvgIpc) is 2.27. The molecule has 0 amide bonds. The van der Waals surface area contributed by atoms with Crippen molar-refractivity contribution in [2.75, 3.05) is 6.54 Å². The second-order valence-corrected chi connectivity index (χ2v) is 3.25. The smallest absolute Gasteiger partial charge is 0.123 e. The predicted molar refractivity (Wildman–Crippen MR) is 52.3 cm³/mol. The minimum absolute atomic E-state index is 0.136. The number of halogens is 1. The third-order valence-electron chi connectivity index (χ3n) is 2.20. The van der Waals surface area contributed by atoms with Crippen molar-refractivity contribution >= 4 is 0 Å². The molecule has 0 saturated heterocycles. The summed E-state index contributed by atoms with van der Waals surface area (Å²) >= 11 is 0. The summed E-state index contributed by atoms with van der Waals surface area (Å²) in [6.07, 6.45) is -2.45. The Labute approximate surface area is 86.8 Å². The summed E-state index contributed by atoms with van der Waals surface area (Å²) in [4.78, 5) is 0. The standard InChI is InChI=1S/C10H14FNO3/c11-7-2-1-6(5-13)8(3-7)10(15)9(14)4-12/h1-3,9-10,13-15H,4-5,12H2. The van der Waals surface area contributed by atoms with Crippen molar-refractivity contribution in [2.45, 2.75) is 18.8 Å². The quantitative estimate of drug-likeness (QED) is 0.554. The fourth-order valence-electron chi connectivity index (χ4n) is 1.32. The molecule has 2 unspecified atom stereocenters. The predicted octanol–water partition coefficient (Wildman–Crippen LogP) is -0.329. The molecule has 0 aromatic heterocycles. The fourth-order valence-corrected chi connectivity index (χ4v) is 1.32. The molecule has 84 valence electrons. The first-order chi connectivity index (χ1) is 7.10. The lowest BCUT2D eigenvalue weighted by Crippen LogP contribution is -2.28. The zero-order valence-electron chi connectivity index (χ0n) is 8.10. The van der Waals surface area contributed by atoms with Gasteiger partial charge in [0.2, 0.25) is 0 Å². The first-order valence-electron chi connectivity index (χ1n) is 4.55. The van der Waals surface area contributed by atoms with E-state index in [9.17, 15) is 14.6 Å². The van der Waals surface area contributed by atoms with E-state index in [0.717, 1.165) is 6.07 Å². The molecule has 0 aliphatic heterocycles. The van der Waals surface area contributed by atoms with Crippen LogP contribution >= 0.6 is 0 Å². The number of aliphatic hydroxyl groups excluding tert-OH is 3. The monoisotopic (exact) mass is 215 g/mol. The average molecular weight is 215 g/mol. The molecule has 5 heteroatoms. The van der Waals surface area contributed by atoms with E-state index in [4.69, 9.17) is 10.8 Å². The van der Waals surface area contributed by atoms with Crippen molar-refractivity contribution in [1.29, 1.82) is 0 Å². The molecule has 0 aliphatic carbocycles. The van der Waals surface area contributed by atoms with Gasteiger partial charge in [0.25, 0.3) is 0 Å². The Morgan fingerprint density at radius 2 is 2.00 bits per heavy atom. The molecule has 1 aromatic rings. The maximum atomic E-state index is 12.9. The van der Waals surface area contributed by atoms with Crippen LogP contribution in [0.5, 0.6) is 0 Å². The Morgan fingerprint density at radius 3 is 2.53 bits per heavy atom. The molecule has 15 heavy (non-hydrogen) atoms. The lowest BCUT2D eigenvalue weighted by molar-refractivity contribution is 0.0230. The Hall–Kier alpha value is -1.01. The van der Waals surface area contributed by atoms with E-state index in [-0.39, 0.29) is 18.7 Å². The zero-order chi connectivity index (χ0) is 11.4. The molecule has 4 nitrogen and oxygen atoms in total. The van der Waals surface area contributed by atoms with Crippen molar-refractivity contribution < 1.29 is 19.7 Å². The van der Waals surface area contributed by atoms with Gasteiger partial charge in [-0.25, -0.2) is 4.39 Å². The summed E-state index contributed by atoms with van der Waals surface area (Å²) in [5.74, 6) is -0.537. The van der Waals surface area contributed by atoms with Gasteiger partial charge >= 0.3 is 0 Å². The van der Waals surface area contributed by atoms with Crippen LogP contribution in [-0.2, 0) is 6.61 Å². The number of benzene rings is 1. The van der Waals surface area contributed by atoms with E-state index in [1.165, 1.54) is 12.1 Å². The molecule has 5 N–H and O–H groups in total. The summed E-state index contributed by atoms with van der Waals surface area (Å²) in [7, 11) is 0. The number of rotatable bonds is 4. The molecular formula is C10H14FNO3. The van der Waals surface area contributed by atoms with Crippen LogP contribution in [0.15, 0.2) is 18.2 Å². The van der Waals surface area contributed by atoms with E-state index in [1.54, 1.807) is 0 Å². The van der Waals surface area contributed by atoms with Crippen LogP contribution < -0.4 is 5.73 Å². The summed E-state index contributed by atoms with van der Waals surface area (Å²) < 4.78 is 12.9. The van der Waals surface area contributed by atoms with E-state index in [1.807, 2.05) is 0 Å². The van der Waals surface area contributed by atoms with E-state index < -0.39 is 18.0 Å². The molecule has 0 fully saturated rings. The Morgan fingerprint density at radius 1 is 1.33 bits per heavy atom. The van der Waals surface area contributed by atoms with Gasteiger partial charge in [0.1, 0.15) is 11.9 Å². The van der Waals surface area contributed by atoms with Crippen molar-refractivity contribution in [2.24, 2.45) is 5.73 Å². The van der Waals surface area contributed by atoms with Crippen molar-refractivity contribution in [3.8, 4) is 0 Å². The van der Waals surface area contributed by atoms with Crippen LogP contribution in [0.4, 0.5) is 4.39 Å². The maximum Gasteiger partial charge on any atom is 0.123 e. The van der Waals surface area contributed by atoms with Gasteiger partial charge in [-0.3, -0.25) is 0 Å². The van der Waals surface area contributed by atoms with Crippen LogP contribution in [0.25, 0.3) is 0 Å². The molecule has 0 aliphatic rings. The summed E-state index contributed by atoms with van der Waals surface area (Å²) in [5, 5.41) is 27.9. The Kier molecular flexibility index (Phi) is 4.16. The van der Waals surface area contributed by atoms with Gasteiger partial charge in [-0.15, -0.1) is 0 Å². The molecule has 2 atom stereocenters. The van der Waals surface area contributed by atoms with E-state index >= 15 is 0 Å². The van der Waals surface area contributed by atoms with Gasteiger partial charge in [0.15, 0.2) is 0 Å². The third-order valence-corrected chi connectivity index (χ3v) is 2.20. The third kappa shape index (κ3) is 2.73. The molecular weight excluding hydrogens is 201 g/mol. The number of nitrogens with two attached hydrogens (primary N) is 1. The van der Waals surface area contributed by atoms with Gasteiger partial charge in [-0.2, -0.15) is 0 Å². The molecule has 0 bridgehead atoms. The Balaban J connectivity index is 3.05. The summed E-state index contributed by atoms with van der Waals surface area (Å²) in [6, 6.07) is 3.61. The van der Waals surface area contributed by atoms with Crippen LogP contribution in [0.3, 0.4) is 0 Å². The van der Waals surface area contributed by atoms with Crippen molar-refractivity contribution in [3.05, 3.63) is 35.1 Å². The highest BCUT2D eigenvalue weighted by Crippen LogP contribution is 2.22. The second kappa shape index (κ2) is 5.18. The van der Waals surface area contributed by atoms with Gasteiger partial charge in [-0.05, 0) is 23.3 Å². The fraction of sp³-hybridized carbons (Fsp3) is 0.400. The van der Waals surface area contributed by atoms with Gasteiger partial charge in [0.05, 0.1) is 12.7 Å². The first-order valence-corrected chi connectivity index (χ1v) is 4.55. The topological polar surface area (TPSA) is 86.7 Å². The SMILES string of the molecule is NCC(O)C(O)c1cc(F)ccc1CO. The molecule has 1 aromatic carbocycles. The number of aliphatic hydroxyl groups is 3. The van der Waals surface area contributed by atoms with Crippen LogP contribution in [0.1, 0.15) is 17.2 Å². The van der Waals surface area contributed by atoms with Crippen molar-refractivity contribution in [1.82, 2.24) is 0 Å². The van der Waals surface area contributed by atoms with Crippen LogP contribution in [0, 0.1) is 5.82 Å². The van der Waals surface area contributed by atoms with Crippen molar-refractivity contribution in [3.63, 3.8) is 0 Å². The van der Waals surface area contributed by atoms with Gasteiger partial charge in [0, 0.05) is 6.54 Å². The van der Waals surface area contributed by atoms with Crippen LogP contribution in [0.2, 0.25) is 0 Å². The van der Waals surface area contributed by atoms with E-state index in [0.29, 0.717) is 5.56 Å². The highest BCUT2D eigenvalue weighted by Gasteiger charge is 2.20. The number of hydrogen-bond donors (Lipinski definition) is 4. The molecule has 0 heterocycles. The maximum absolute atomic E-state index is 12.9. The zero-order valence-corrected chi connectivity index (χ0v) is 8.10. The minimum atomic E-state index is -1.28. The normalized spacial score (nSPS) is 15.0. The molecule has 0 radical (unpaired) electrons. The summed E-state index contributed by atoms with van der Waals surface area (Å²) in [6.45, 7) is -0.466. The molecule has 0 saturated carbocycles. The second-order valence-electron chi connectivity index (χ2n) is 3.25. The largest absolute Gasteiger partial charge is 0.392 e. The summed E-state index contributed by atoms with van der Waals surface area (Å²) in [5.41, 5.74) is 5.71. The lowest BCUT2D eigenvalue weighted by Gasteiger charge is -2.18. The van der Waals surface area contributed by atoms with E-state index in [2.05, 4.69) is 0 Å². The lowest BCUT2D eigenvalue weighted by atomic mass is 9.99. The Bertz CT molecular complexity index is 332. The molecule has 1 rings (SSSR count).